The van der Waals surface area contributed by atoms with Crippen LogP contribution < -0.4 is 0 Å². The average molecular weight is 236 g/mol. The second-order valence-corrected chi connectivity index (χ2v) is 9.61. The molecule has 1 nitrogen and oxygen atoms in total. The van der Waals surface area contributed by atoms with E-state index < -0.39 is 8.32 Å². The van der Waals surface area contributed by atoms with Crippen LogP contribution in [-0.4, -0.2) is 14.9 Å². The molecule has 1 aromatic rings. The Balaban J connectivity index is 2.39. The molecule has 2 heteroatoms. The van der Waals surface area contributed by atoms with Gasteiger partial charge in [-0.25, -0.2) is 0 Å². The van der Waals surface area contributed by atoms with Crippen molar-refractivity contribution in [3.63, 3.8) is 0 Å². The lowest BCUT2D eigenvalue weighted by Crippen LogP contribution is -2.34. The zero-order valence-corrected chi connectivity index (χ0v) is 12.0. The first-order chi connectivity index (χ1) is 7.49. The van der Waals surface area contributed by atoms with Crippen molar-refractivity contribution in [3.8, 4) is 0 Å². The van der Waals surface area contributed by atoms with Gasteiger partial charge in [0.1, 0.15) is 0 Å². The molecule has 0 N–H and O–H groups in total. The van der Waals surface area contributed by atoms with Crippen molar-refractivity contribution < 1.29 is 4.43 Å². The second-order valence-electron chi connectivity index (χ2n) is 5.45. The van der Waals surface area contributed by atoms with E-state index in [9.17, 15) is 0 Å². The summed E-state index contributed by atoms with van der Waals surface area (Å²) in [7, 11) is -1.51. The van der Waals surface area contributed by atoms with Gasteiger partial charge in [0, 0.05) is 6.61 Å². The smallest absolute Gasteiger partial charge is 0.190 e. The first-order valence-corrected chi connectivity index (χ1v) is 9.29. The Morgan fingerprint density at radius 1 is 1.12 bits per heavy atom. The van der Waals surface area contributed by atoms with Crippen LogP contribution in [-0.2, 0) is 10.5 Å². The van der Waals surface area contributed by atoms with Gasteiger partial charge in [0.25, 0.3) is 0 Å². The van der Waals surface area contributed by atoms with Gasteiger partial charge in [0.05, 0.1) is 0 Å². The van der Waals surface area contributed by atoms with Gasteiger partial charge >= 0.3 is 0 Å². The summed E-state index contributed by atoms with van der Waals surface area (Å²) in [6.45, 7) is 10.0. The van der Waals surface area contributed by atoms with E-state index in [-0.39, 0.29) is 0 Å². The van der Waals surface area contributed by atoms with Crippen LogP contribution in [0.1, 0.15) is 25.8 Å². The minimum absolute atomic E-state index is 0.738. The van der Waals surface area contributed by atoms with E-state index in [2.05, 4.69) is 57.3 Å². The van der Waals surface area contributed by atoms with E-state index in [1.165, 1.54) is 12.0 Å². The molecule has 90 valence electrons. The molecule has 0 aliphatic carbocycles. The summed E-state index contributed by atoms with van der Waals surface area (Å²) >= 11 is 0. The minimum Gasteiger partial charge on any atom is -0.417 e. The summed E-state index contributed by atoms with van der Waals surface area (Å²) in [4.78, 5) is 0. The molecule has 1 aromatic carbocycles. The Bertz CT molecular complexity index is 293. The topological polar surface area (TPSA) is 9.23 Å². The first-order valence-electron chi connectivity index (χ1n) is 6.17. The predicted molar refractivity (Wildman–Crippen MR) is 73.0 cm³/mol. The largest absolute Gasteiger partial charge is 0.417 e. The highest BCUT2D eigenvalue weighted by Crippen LogP contribution is 2.14. The molecular formula is C14H24OSi. The molecule has 0 unspecified atom stereocenters. The van der Waals surface area contributed by atoms with Crippen LogP contribution in [0.4, 0.5) is 0 Å². The van der Waals surface area contributed by atoms with Crippen LogP contribution in [0.25, 0.3) is 0 Å². The van der Waals surface area contributed by atoms with Crippen LogP contribution in [0.3, 0.4) is 0 Å². The van der Waals surface area contributed by atoms with Gasteiger partial charge in [-0.1, -0.05) is 44.2 Å². The van der Waals surface area contributed by atoms with Gasteiger partial charge < -0.3 is 4.43 Å². The molecule has 0 fully saturated rings. The summed E-state index contributed by atoms with van der Waals surface area (Å²) in [5, 5.41) is 0. The molecule has 1 rings (SSSR count). The molecule has 16 heavy (non-hydrogen) atoms. The van der Waals surface area contributed by atoms with Crippen LogP contribution >= 0.6 is 0 Å². The molecular weight excluding hydrogens is 212 g/mol. The molecule has 0 radical (unpaired) electrons. The maximum absolute atomic E-state index is 6.08. The molecule has 0 heterocycles. The van der Waals surface area contributed by atoms with Crippen LogP contribution in [0.2, 0.25) is 13.1 Å². The highest BCUT2D eigenvalue weighted by molar-refractivity contribution is 6.70. The van der Waals surface area contributed by atoms with E-state index in [4.69, 9.17) is 4.43 Å². The lowest BCUT2D eigenvalue weighted by atomic mass is 10.2. The van der Waals surface area contributed by atoms with Crippen molar-refractivity contribution >= 4 is 8.32 Å². The van der Waals surface area contributed by atoms with Gasteiger partial charge in [0.15, 0.2) is 8.32 Å². The van der Waals surface area contributed by atoms with Crippen molar-refractivity contribution in [1.29, 1.82) is 0 Å². The summed E-state index contributed by atoms with van der Waals surface area (Å²) in [5.74, 6) is 0.738. The van der Waals surface area contributed by atoms with Crippen LogP contribution in [0.15, 0.2) is 30.3 Å². The summed E-state index contributed by atoms with van der Waals surface area (Å²) in [6.07, 6.45) is 1.17. The Labute approximate surface area is 101 Å². The third-order valence-corrected chi connectivity index (χ3v) is 4.91. The van der Waals surface area contributed by atoms with E-state index in [1.54, 1.807) is 0 Å². The van der Waals surface area contributed by atoms with Gasteiger partial charge in [0.2, 0.25) is 0 Å². The van der Waals surface area contributed by atoms with Crippen molar-refractivity contribution in [2.45, 2.75) is 39.4 Å². The number of hydrogen-bond acceptors (Lipinski definition) is 1. The zero-order chi connectivity index (χ0) is 12.0. The lowest BCUT2D eigenvalue weighted by molar-refractivity contribution is 0.279. The monoisotopic (exact) mass is 236 g/mol. The quantitative estimate of drug-likeness (QED) is 0.677. The van der Waals surface area contributed by atoms with E-state index in [1.807, 2.05) is 0 Å². The molecule has 0 saturated carbocycles. The molecule has 0 aliphatic heterocycles. The molecule has 0 bridgehead atoms. The van der Waals surface area contributed by atoms with Crippen molar-refractivity contribution in [1.82, 2.24) is 0 Å². The van der Waals surface area contributed by atoms with Gasteiger partial charge in [-0.15, -0.1) is 0 Å². The van der Waals surface area contributed by atoms with Crippen LogP contribution in [0.5, 0.6) is 0 Å². The van der Waals surface area contributed by atoms with E-state index in [0.29, 0.717) is 0 Å². The Morgan fingerprint density at radius 2 is 1.75 bits per heavy atom. The predicted octanol–water partition coefficient (Wildman–Crippen LogP) is 4.04. The molecule has 0 aromatic heterocycles. The lowest BCUT2D eigenvalue weighted by Gasteiger charge is -2.23. The maximum Gasteiger partial charge on any atom is 0.190 e. The Morgan fingerprint density at radius 3 is 2.31 bits per heavy atom. The number of hydrogen-bond donors (Lipinski definition) is 0. The first kappa shape index (κ1) is 13.5. The second kappa shape index (κ2) is 6.21. The molecule has 0 saturated heterocycles. The van der Waals surface area contributed by atoms with Crippen LogP contribution in [0, 0.1) is 5.92 Å². The number of benzene rings is 1. The summed E-state index contributed by atoms with van der Waals surface area (Å²) in [5.41, 5.74) is 1.41. The van der Waals surface area contributed by atoms with Gasteiger partial charge in [-0.3, -0.25) is 0 Å². The fourth-order valence-corrected chi connectivity index (χ4v) is 3.70. The van der Waals surface area contributed by atoms with E-state index in [0.717, 1.165) is 18.6 Å². The Kier molecular flexibility index (Phi) is 5.23. The normalized spacial score (nSPS) is 12.1. The zero-order valence-electron chi connectivity index (χ0n) is 11.0. The molecule has 0 aliphatic rings. The number of rotatable bonds is 6. The highest BCUT2D eigenvalue weighted by atomic mass is 28.4. The van der Waals surface area contributed by atoms with Crippen molar-refractivity contribution in [3.05, 3.63) is 35.9 Å². The third-order valence-electron chi connectivity index (χ3n) is 2.66. The summed E-state index contributed by atoms with van der Waals surface area (Å²) < 4.78 is 6.08. The fraction of sp³-hybridized carbons (Fsp3) is 0.571. The minimum atomic E-state index is -1.51. The third kappa shape index (κ3) is 5.47. The average Bonchev–Trinajstić information content (AvgIpc) is 2.17. The van der Waals surface area contributed by atoms with E-state index >= 15 is 0 Å². The maximum atomic E-state index is 6.08. The molecule has 0 atom stereocenters. The fourth-order valence-electron chi connectivity index (χ4n) is 1.71. The molecule has 0 amide bonds. The standard InChI is InChI=1S/C14H24OSi/c1-13(2)10-11-15-16(3,4)12-14-8-6-5-7-9-14/h5-9,13H,10-12H2,1-4H3. The molecule has 0 spiro atoms. The SMILES string of the molecule is CC(C)CCO[Si](C)(C)Cc1ccccc1. The van der Waals surface area contributed by atoms with Gasteiger partial charge in [-0.05, 0) is 37.0 Å². The highest BCUT2D eigenvalue weighted by Gasteiger charge is 2.22. The van der Waals surface area contributed by atoms with Gasteiger partial charge in [-0.2, -0.15) is 0 Å². The summed E-state index contributed by atoms with van der Waals surface area (Å²) in [6, 6.07) is 11.8. The Hall–Kier alpha value is -0.603. The van der Waals surface area contributed by atoms with Crippen molar-refractivity contribution in [2.75, 3.05) is 6.61 Å². The van der Waals surface area contributed by atoms with Crippen molar-refractivity contribution in [2.24, 2.45) is 5.92 Å².